The van der Waals surface area contributed by atoms with Crippen molar-refractivity contribution in [2.45, 2.75) is 5.41 Å². The Labute approximate surface area is 414 Å². The first-order valence-corrected chi connectivity index (χ1v) is 24.4. The lowest BCUT2D eigenvalue weighted by Gasteiger charge is -2.33. The molecule has 1 aromatic heterocycles. The predicted molar refractivity (Wildman–Crippen MR) is 295 cm³/mol. The largest absolute Gasteiger partial charge is 0.228 e. The Hall–Kier alpha value is -9.24. The highest BCUT2D eigenvalue weighted by molar-refractivity contribution is 6.05. The van der Waals surface area contributed by atoms with Crippen molar-refractivity contribution in [2.24, 2.45) is 0 Å². The number of benzene rings is 11. The number of rotatable bonds is 9. The zero-order chi connectivity index (χ0) is 47.1. The van der Waals surface area contributed by atoms with E-state index < -0.39 is 5.41 Å². The molecule has 2 heteroatoms. The molecule has 0 amide bonds. The molecule has 0 fully saturated rings. The highest BCUT2D eigenvalue weighted by atomic mass is 14.9. The summed E-state index contributed by atoms with van der Waals surface area (Å²) >= 11 is 0. The summed E-state index contributed by atoms with van der Waals surface area (Å²) in [5.74, 6) is 0.701. The van der Waals surface area contributed by atoms with Crippen molar-refractivity contribution in [3.05, 3.63) is 301 Å². The number of hydrogen-bond acceptors (Lipinski definition) is 2. The van der Waals surface area contributed by atoms with E-state index in [2.05, 4.69) is 261 Å². The first-order chi connectivity index (χ1) is 35.2. The van der Waals surface area contributed by atoms with E-state index in [0.717, 1.165) is 33.5 Å². The Morgan fingerprint density at radius 3 is 1.32 bits per heavy atom. The Morgan fingerprint density at radius 2 is 0.662 bits per heavy atom. The molecule has 0 saturated carbocycles. The maximum Gasteiger partial charge on any atom is 0.160 e. The lowest BCUT2D eigenvalue weighted by Crippen LogP contribution is -2.28. The Balaban J connectivity index is 0.841. The summed E-state index contributed by atoms with van der Waals surface area (Å²) in [6.07, 6.45) is 0. The maximum absolute atomic E-state index is 5.25. The molecular formula is C69H46N2. The molecule has 12 aromatic rings. The summed E-state index contributed by atoms with van der Waals surface area (Å²) < 4.78 is 0. The van der Waals surface area contributed by atoms with Gasteiger partial charge in [0.25, 0.3) is 0 Å². The van der Waals surface area contributed by atoms with Gasteiger partial charge in [0.15, 0.2) is 5.82 Å². The van der Waals surface area contributed by atoms with Crippen molar-refractivity contribution < 1.29 is 0 Å². The molecule has 0 aliphatic heterocycles. The van der Waals surface area contributed by atoms with Gasteiger partial charge in [-0.3, -0.25) is 0 Å². The standard InChI is InChI=1S/C69H46N2/c1-5-18-47(19-6-1)48-36-38-51(39-37-48)66-46-67(71-68(70-66)52-20-7-2-8-21-52)62-42-41-58(59-28-13-14-29-60(59)62)55-23-17-22-53(44-55)49-32-34-50(35-33-49)54-40-43-65-63(45-54)61-30-15-16-31-64(61)69(65,56-24-9-3-10-25-56)57-26-11-4-12-27-57/h1-46H. The van der Waals surface area contributed by atoms with Crippen LogP contribution in [0, 0.1) is 0 Å². The van der Waals surface area contributed by atoms with Crippen LogP contribution >= 0.6 is 0 Å². The van der Waals surface area contributed by atoms with Crippen LogP contribution in [0.15, 0.2) is 279 Å². The molecular weight excluding hydrogens is 857 g/mol. The Kier molecular flexibility index (Phi) is 10.4. The van der Waals surface area contributed by atoms with Crippen LogP contribution in [-0.4, -0.2) is 9.97 Å². The van der Waals surface area contributed by atoms with Crippen molar-refractivity contribution in [3.8, 4) is 89.5 Å². The molecule has 0 spiro atoms. The monoisotopic (exact) mass is 902 g/mol. The van der Waals surface area contributed by atoms with E-state index in [9.17, 15) is 0 Å². The third-order valence-corrected chi connectivity index (χ3v) is 14.4. The van der Waals surface area contributed by atoms with Gasteiger partial charge in [-0.15, -0.1) is 0 Å². The fourth-order valence-electron chi connectivity index (χ4n) is 11.0. The van der Waals surface area contributed by atoms with Crippen LogP contribution in [0.25, 0.3) is 100 Å². The van der Waals surface area contributed by atoms with Gasteiger partial charge >= 0.3 is 0 Å². The quantitative estimate of drug-likeness (QED) is 0.144. The molecule has 71 heavy (non-hydrogen) atoms. The third-order valence-electron chi connectivity index (χ3n) is 14.4. The van der Waals surface area contributed by atoms with Gasteiger partial charge in [0.1, 0.15) is 0 Å². The molecule has 13 rings (SSSR count). The molecule has 0 radical (unpaired) electrons. The first-order valence-electron chi connectivity index (χ1n) is 24.4. The molecule has 0 saturated heterocycles. The van der Waals surface area contributed by atoms with E-state index in [1.165, 1.54) is 83.3 Å². The summed E-state index contributed by atoms with van der Waals surface area (Å²) in [4.78, 5) is 10.4. The smallest absolute Gasteiger partial charge is 0.160 e. The van der Waals surface area contributed by atoms with E-state index in [0.29, 0.717) is 5.82 Å². The summed E-state index contributed by atoms with van der Waals surface area (Å²) in [6.45, 7) is 0. The maximum atomic E-state index is 5.25. The van der Waals surface area contributed by atoms with Crippen molar-refractivity contribution in [2.75, 3.05) is 0 Å². The minimum Gasteiger partial charge on any atom is -0.228 e. The Bertz CT molecular complexity index is 3840. The van der Waals surface area contributed by atoms with Crippen LogP contribution < -0.4 is 0 Å². The molecule has 0 atom stereocenters. The van der Waals surface area contributed by atoms with E-state index in [-0.39, 0.29) is 0 Å². The molecule has 0 N–H and O–H groups in total. The van der Waals surface area contributed by atoms with Gasteiger partial charge in [0.05, 0.1) is 16.8 Å². The van der Waals surface area contributed by atoms with Gasteiger partial charge in [-0.2, -0.15) is 0 Å². The van der Waals surface area contributed by atoms with Crippen molar-refractivity contribution in [1.29, 1.82) is 0 Å². The summed E-state index contributed by atoms with van der Waals surface area (Å²) in [7, 11) is 0. The first kappa shape index (κ1) is 41.9. The lowest BCUT2D eigenvalue weighted by molar-refractivity contribution is 0.768. The van der Waals surface area contributed by atoms with Crippen LogP contribution in [-0.2, 0) is 5.41 Å². The van der Waals surface area contributed by atoms with Gasteiger partial charge in [0.2, 0.25) is 0 Å². The third kappa shape index (κ3) is 7.37. The van der Waals surface area contributed by atoms with Gasteiger partial charge in [0, 0.05) is 16.7 Å². The number of hydrogen-bond donors (Lipinski definition) is 0. The van der Waals surface area contributed by atoms with Crippen LogP contribution in [0.5, 0.6) is 0 Å². The summed E-state index contributed by atoms with van der Waals surface area (Å²) in [5.41, 5.74) is 21.7. The fraction of sp³-hybridized carbons (Fsp3) is 0.0145. The Morgan fingerprint density at radius 1 is 0.225 bits per heavy atom. The predicted octanol–water partition coefficient (Wildman–Crippen LogP) is 17.7. The fourth-order valence-corrected chi connectivity index (χ4v) is 11.0. The number of nitrogens with zero attached hydrogens (tertiary/aromatic N) is 2. The summed E-state index contributed by atoms with van der Waals surface area (Å²) in [6, 6.07) is 101. The number of aromatic nitrogens is 2. The van der Waals surface area contributed by atoms with Crippen LogP contribution in [0.4, 0.5) is 0 Å². The molecule has 2 nitrogen and oxygen atoms in total. The molecule has 1 aliphatic carbocycles. The zero-order valence-corrected chi connectivity index (χ0v) is 39.0. The van der Waals surface area contributed by atoms with E-state index in [1.807, 2.05) is 18.2 Å². The van der Waals surface area contributed by atoms with E-state index in [4.69, 9.17) is 9.97 Å². The van der Waals surface area contributed by atoms with Crippen molar-refractivity contribution >= 4 is 10.8 Å². The molecule has 332 valence electrons. The molecule has 1 aliphatic rings. The minimum atomic E-state index is -0.407. The van der Waals surface area contributed by atoms with Gasteiger partial charge in [-0.1, -0.05) is 261 Å². The van der Waals surface area contributed by atoms with Gasteiger partial charge in [-0.25, -0.2) is 9.97 Å². The van der Waals surface area contributed by atoms with Crippen molar-refractivity contribution in [1.82, 2.24) is 9.97 Å². The van der Waals surface area contributed by atoms with Gasteiger partial charge in [-0.05, 0) is 107 Å². The zero-order valence-electron chi connectivity index (χ0n) is 39.0. The minimum absolute atomic E-state index is 0.407. The average Bonchev–Trinajstić information content (AvgIpc) is 3.77. The van der Waals surface area contributed by atoms with Crippen LogP contribution in [0.3, 0.4) is 0 Å². The highest BCUT2D eigenvalue weighted by Gasteiger charge is 2.46. The topological polar surface area (TPSA) is 25.8 Å². The molecule has 11 aromatic carbocycles. The van der Waals surface area contributed by atoms with Gasteiger partial charge < -0.3 is 0 Å². The SMILES string of the molecule is c1ccc(-c2ccc(-c3cc(-c4ccc(-c5cccc(-c6ccc(-c7ccc8c(c7)-c7ccccc7C8(c7ccccc7)c7ccccc7)cc6)c5)c5ccccc45)nc(-c4ccccc4)n3)cc2)cc1. The second kappa shape index (κ2) is 17.7. The molecule has 1 heterocycles. The van der Waals surface area contributed by atoms with Crippen LogP contribution in [0.2, 0.25) is 0 Å². The second-order valence-electron chi connectivity index (χ2n) is 18.4. The van der Waals surface area contributed by atoms with E-state index in [1.54, 1.807) is 0 Å². The average molecular weight is 903 g/mol. The highest BCUT2D eigenvalue weighted by Crippen LogP contribution is 2.56. The second-order valence-corrected chi connectivity index (χ2v) is 18.4. The van der Waals surface area contributed by atoms with Crippen molar-refractivity contribution in [3.63, 3.8) is 0 Å². The van der Waals surface area contributed by atoms with Crippen LogP contribution in [0.1, 0.15) is 22.3 Å². The summed E-state index contributed by atoms with van der Waals surface area (Å²) in [5, 5.41) is 2.32. The lowest BCUT2D eigenvalue weighted by atomic mass is 9.67. The van der Waals surface area contributed by atoms with E-state index >= 15 is 0 Å². The molecule has 0 bridgehead atoms. The molecule has 0 unspecified atom stereocenters. The normalized spacial score (nSPS) is 12.3. The number of fused-ring (bicyclic) bond motifs is 4.